The largest absolute Gasteiger partial charge is 0.481 e. The van der Waals surface area contributed by atoms with Crippen LogP contribution >= 0.6 is 0 Å². The van der Waals surface area contributed by atoms with Crippen molar-refractivity contribution in [1.82, 2.24) is 15.5 Å². The lowest BCUT2D eigenvalue weighted by Gasteiger charge is -2.26. The summed E-state index contributed by atoms with van der Waals surface area (Å²) < 4.78 is 0. The second-order valence-corrected chi connectivity index (χ2v) is 4.87. The van der Waals surface area contributed by atoms with Crippen LogP contribution in [0.5, 0.6) is 0 Å². The van der Waals surface area contributed by atoms with Crippen molar-refractivity contribution in [1.29, 1.82) is 0 Å². The summed E-state index contributed by atoms with van der Waals surface area (Å²) in [6.07, 6.45) is 0.762. The van der Waals surface area contributed by atoms with Gasteiger partial charge in [0.15, 0.2) is 0 Å². The van der Waals surface area contributed by atoms with Gasteiger partial charge in [-0.2, -0.15) is 0 Å². The van der Waals surface area contributed by atoms with Crippen molar-refractivity contribution in [2.75, 3.05) is 39.3 Å². The van der Waals surface area contributed by atoms with Crippen molar-refractivity contribution in [3.05, 3.63) is 0 Å². The summed E-state index contributed by atoms with van der Waals surface area (Å²) in [6.45, 7) is 6.62. The number of piperazine rings is 1. The molecule has 0 bridgehead atoms. The molecule has 1 amide bonds. The minimum atomic E-state index is -0.783. The van der Waals surface area contributed by atoms with Gasteiger partial charge in [0.1, 0.15) is 0 Å². The van der Waals surface area contributed by atoms with Gasteiger partial charge in [-0.15, -0.1) is 0 Å². The minimum absolute atomic E-state index is 0.0269. The SMILES string of the molecule is CC(CCC(=O)O)CNC(=O)CN1CCNCC1. The maximum atomic E-state index is 11.7. The van der Waals surface area contributed by atoms with Crippen LogP contribution in [0.15, 0.2) is 0 Å². The number of rotatable bonds is 7. The van der Waals surface area contributed by atoms with Gasteiger partial charge in [0.25, 0.3) is 0 Å². The maximum Gasteiger partial charge on any atom is 0.303 e. The molecule has 1 unspecified atom stereocenters. The molecule has 0 spiro atoms. The molecule has 0 aromatic carbocycles. The number of carboxylic acids is 1. The van der Waals surface area contributed by atoms with Gasteiger partial charge in [-0.1, -0.05) is 6.92 Å². The summed E-state index contributed by atoms with van der Waals surface area (Å²) >= 11 is 0. The number of carbonyl (C=O) groups excluding carboxylic acids is 1. The average molecular weight is 257 g/mol. The monoisotopic (exact) mass is 257 g/mol. The number of carboxylic acid groups (broad SMARTS) is 1. The third kappa shape index (κ3) is 6.56. The highest BCUT2D eigenvalue weighted by Gasteiger charge is 2.14. The Hall–Kier alpha value is -1.14. The van der Waals surface area contributed by atoms with E-state index < -0.39 is 5.97 Å². The van der Waals surface area contributed by atoms with E-state index in [1.54, 1.807) is 0 Å². The van der Waals surface area contributed by atoms with Crippen LogP contribution in [-0.4, -0.2) is 61.2 Å². The summed E-state index contributed by atoms with van der Waals surface area (Å²) in [7, 11) is 0. The van der Waals surface area contributed by atoms with Crippen LogP contribution in [0.3, 0.4) is 0 Å². The number of hydrogen-bond acceptors (Lipinski definition) is 4. The molecule has 0 aromatic heterocycles. The molecule has 1 saturated heterocycles. The third-order valence-electron chi connectivity index (χ3n) is 3.08. The third-order valence-corrected chi connectivity index (χ3v) is 3.08. The number of aliphatic carboxylic acids is 1. The fraction of sp³-hybridized carbons (Fsp3) is 0.833. The molecule has 1 aliphatic heterocycles. The van der Waals surface area contributed by atoms with Crippen molar-refractivity contribution < 1.29 is 14.7 Å². The van der Waals surface area contributed by atoms with Gasteiger partial charge < -0.3 is 15.7 Å². The van der Waals surface area contributed by atoms with Crippen LogP contribution in [0.4, 0.5) is 0 Å². The zero-order valence-electron chi connectivity index (χ0n) is 10.9. The first kappa shape index (κ1) is 14.9. The highest BCUT2D eigenvalue weighted by atomic mass is 16.4. The average Bonchev–Trinajstić information content (AvgIpc) is 2.35. The molecule has 0 aromatic rings. The standard InChI is InChI=1S/C12H23N3O3/c1-10(2-3-12(17)18)8-14-11(16)9-15-6-4-13-5-7-15/h10,13H,2-9H2,1H3,(H,14,16)(H,17,18). The topological polar surface area (TPSA) is 81.7 Å². The molecule has 18 heavy (non-hydrogen) atoms. The lowest BCUT2D eigenvalue weighted by Crippen LogP contribution is -2.47. The maximum absolute atomic E-state index is 11.7. The van der Waals surface area contributed by atoms with Gasteiger partial charge in [0.2, 0.25) is 5.91 Å². The van der Waals surface area contributed by atoms with Crippen molar-refractivity contribution in [2.45, 2.75) is 19.8 Å². The lowest BCUT2D eigenvalue weighted by molar-refractivity contribution is -0.137. The van der Waals surface area contributed by atoms with Crippen LogP contribution in [0.25, 0.3) is 0 Å². The Balaban J connectivity index is 2.10. The van der Waals surface area contributed by atoms with Crippen molar-refractivity contribution in [3.63, 3.8) is 0 Å². The molecule has 1 aliphatic rings. The van der Waals surface area contributed by atoms with Gasteiger partial charge in [0.05, 0.1) is 6.54 Å². The van der Waals surface area contributed by atoms with E-state index in [1.165, 1.54) is 0 Å². The van der Waals surface area contributed by atoms with E-state index in [2.05, 4.69) is 15.5 Å². The number of amides is 1. The summed E-state index contributed by atoms with van der Waals surface area (Å²) in [4.78, 5) is 24.2. The lowest BCUT2D eigenvalue weighted by atomic mass is 10.1. The quantitative estimate of drug-likeness (QED) is 0.573. The molecule has 1 heterocycles. The number of nitrogens with zero attached hydrogens (tertiary/aromatic N) is 1. The van der Waals surface area contributed by atoms with Gasteiger partial charge in [-0.05, 0) is 12.3 Å². The van der Waals surface area contributed by atoms with E-state index in [1.807, 2.05) is 6.92 Å². The van der Waals surface area contributed by atoms with E-state index in [4.69, 9.17) is 5.11 Å². The minimum Gasteiger partial charge on any atom is -0.481 e. The molecule has 1 rings (SSSR count). The molecule has 0 aliphatic carbocycles. The highest BCUT2D eigenvalue weighted by molar-refractivity contribution is 5.78. The fourth-order valence-electron chi connectivity index (χ4n) is 1.89. The molecule has 3 N–H and O–H groups in total. The Bertz CT molecular complexity index is 278. The van der Waals surface area contributed by atoms with Crippen LogP contribution in [-0.2, 0) is 9.59 Å². The molecule has 6 nitrogen and oxygen atoms in total. The molecule has 1 atom stereocenters. The first-order chi connectivity index (χ1) is 8.58. The number of nitrogens with one attached hydrogen (secondary N) is 2. The van der Waals surface area contributed by atoms with E-state index in [-0.39, 0.29) is 18.2 Å². The van der Waals surface area contributed by atoms with Crippen molar-refractivity contribution in [2.24, 2.45) is 5.92 Å². The molecular formula is C12H23N3O3. The Morgan fingerprint density at radius 3 is 2.67 bits per heavy atom. The second-order valence-electron chi connectivity index (χ2n) is 4.87. The summed E-state index contributed by atoms with van der Waals surface area (Å²) in [5.41, 5.74) is 0. The first-order valence-corrected chi connectivity index (χ1v) is 6.49. The Morgan fingerprint density at radius 1 is 1.39 bits per heavy atom. The van der Waals surface area contributed by atoms with E-state index in [0.717, 1.165) is 26.2 Å². The fourth-order valence-corrected chi connectivity index (χ4v) is 1.89. The summed E-state index contributed by atoms with van der Waals surface area (Å²) in [6, 6.07) is 0. The van der Waals surface area contributed by atoms with E-state index >= 15 is 0 Å². The van der Waals surface area contributed by atoms with Crippen LogP contribution < -0.4 is 10.6 Å². The van der Waals surface area contributed by atoms with Crippen LogP contribution in [0.1, 0.15) is 19.8 Å². The van der Waals surface area contributed by atoms with Gasteiger partial charge in [0, 0.05) is 39.1 Å². The normalized spacial score (nSPS) is 18.3. The highest BCUT2D eigenvalue weighted by Crippen LogP contribution is 2.03. The summed E-state index contributed by atoms with van der Waals surface area (Å²) in [5, 5.41) is 14.7. The molecular weight excluding hydrogens is 234 g/mol. The van der Waals surface area contributed by atoms with E-state index in [0.29, 0.717) is 19.5 Å². The summed E-state index contributed by atoms with van der Waals surface area (Å²) in [5.74, 6) is -0.554. The molecule has 0 radical (unpaired) electrons. The molecule has 6 heteroatoms. The Morgan fingerprint density at radius 2 is 2.06 bits per heavy atom. The van der Waals surface area contributed by atoms with Crippen molar-refractivity contribution >= 4 is 11.9 Å². The zero-order valence-corrected chi connectivity index (χ0v) is 10.9. The predicted octanol–water partition coefficient (Wildman–Crippen LogP) is -0.491. The van der Waals surface area contributed by atoms with Crippen LogP contribution in [0.2, 0.25) is 0 Å². The predicted molar refractivity (Wildman–Crippen MR) is 68.4 cm³/mol. The van der Waals surface area contributed by atoms with Gasteiger partial charge in [-0.25, -0.2) is 0 Å². The molecule has 0 saturated carbocycles. The Labute approximate surface area is 108 Å². The first-order valence-electron chi connectivity index (χ1n) is 6.49. The number of carbonyl (C=O) groups is 2. The Kier molecular flexibility index (Phi) is 6.67. The van der Waals surface area contributed by atoms with Crippen LogP contribution in [0, 0.1) is 5.92 Å². The van der Waals surface area contributed by atoms with E-state index in [9.17, 15) is 9.59 Å². The number of hydrogen-bond donors (Lipinski definition) is 3. The smallest absolute Gasteiger partial charge is 0.303 e. The molecule has 1 fully saturated rings. The second kappa shape index (κ2) is 8.05. The molecule has 104 valence electrons. The van der Waals surface area contributed by atoms with Gasteiger partial charge >= 0.3 is 5.97 Å². The zero-order chi connectivity index (χ0) is 13.4. The van der Waals surface area contributed by atoms with Crippen molar-refractivity contribution in [3.8, 4) is 0 Å². The van der Waals surface area contributed by atoms with Gasteiger partial charge in [-0.3, -0.25) is 14.5 Å².